The van der Waals surface area contributed by atoms with Crippen molar-refractivity contribution in [3.63, 3.8) is 0 Å². The van der Waals surface area contributed by atoms with E-state index in [1.807, 2.05) is 18.2 Å². The Morgan fingerprint density at radius 2 is 0.757 bits per heavy atom. The summed E-state index contributed by atoms with van der Waals surface area (Å²) in [6, 6.07) is 0. The van der Waals surface area contributed by atoms with Crippen molar-refractivity contribution in [3.8, 4) is 0 Å². The maximum atomic E-state index is 12.9. The predicted molar refractivity (Wildman–Crippen MR) is 306 cm³/mol. The molecule has 0 amide bonds. The molecule has 418 valence electrons. The summed E-state index contributed by atoms with van der Waals surface area (Å²) in [6.45, 7) is 4.21. The zero-order valence-electron chi connectivity index (χ0n) is 46.0. The summed E-state index contributed by atoms with van der Waals surface area (Å²) in [5.74, 6) is -1.68. The molecule has 0 saturated carbocycles. The van der Waals surface area contributed by atoms with Crippen LogP contribution in [0.1, 0.15) is 201 Å². The van der Waals surface area contributed by atoms with Crippen LogP contribution in [0, 0.1) is 0 Å². The van der Waals surface area contributed by atoms with Crippen molar-refractivity contribution in [2.75, 3.05) is 26.4 Å². The number of aliphatic hydroxyl groups is 1. The lowest BCUT2D eigenvalue weighted by atomic mass is 10.1. The van der Waals surface area contributed by atoms with Crippen molar-refractivity contribution < 1.29 is 52.2 Å². The SMILES string of the molecule is CC/C=C\C/C=C\C/C=C\C/C=C\C/C=C\CC(=O)OC(COC(=O)CCCCCC/C=C\C/C=C\C/C=C\C/C=C\CC)COP(=O)(O)OCC(CO)OC(=O)CCCCCCC/C=C\C/C=C\CCCCC. The Labute approximate surface area is 449 Å². The van der Waals surface area contributed by atoms with Crippen LogP contribution in [-0.2, 0) is 42.2 Å². The average Bonchev–Trinajstić information content (AvgIpc) is 3.39. The highest BCUT2D eigenvalue weighted by Gasteiger charge is 2.28. The normalized spacial score (nSPS) is 14.4. The van der Waals surface area contributed by atoms with Crippen LogP contribution >= 0.6 is 7.82 Å². The number of esters is 3. The summed E-state index contributed by atoms with van der Waals surface area (Å²) >= 11 is 0. The highest BCUT2D eigenvalue weighted by atomic mass is 31.2. The molecule has 2 N–H and O–H groups in total. The van der Waals surface area contributed by atoms with Crippen molar-refractivity contribution in [2.45, 2.75) is 213 Å². The summed E-state index contributed by atoms with van der Waals surface area (Å²) < 4.78 is 39.3. The van der Waals surface area contributed by atoms with E-state index in [4.69, 9.17) is 23.3 Å². The third kappa shape index (κ3) is 52.5. The van der Waals surface area contributed by atoms with Crippen LogP contribution in [0.2, 0.25) is 0 Å². The van der Waals surface area contributed by atoms with Crippen LogP contribution in [0.4, 0.5) is 0 Å². The molecule has 0 fully saturated rings. The van der Waals surface area contributed by atoms with E-state index in [0.29, 0.717) is 19.3 Å². The first-order valence-corrected chi connectivity index (χ1v) is 29.6. The molecule has 0 aromatic heterocycles. The van der Waals surface area contributed by atoms with Crippen molar-refractivity contribution in [2.24, 2.45) is 0 Å². The number of carbonyl (C=O) groups is 3. The van der Waals surface area contributed by atoms with E-state index in [-0.39, 0.29) is 19.3 Å². The Kier molecular flexibility index (Phi) is 51.6. The molecule has 0 aliphatic rings. The van der Waals surface area contributed by atoms with Gasteiger partial charge in [0, 0.05) is 12.8 Å². The minimum absolute atomic E-state index is 0.0785. The number of phosphoric acid groups is 1. The highest BCUT2D eigenvalue weighted by Crippen LogP contribution is 2.43. The van der Waals surface area contributed by atoms with Gasteiger partial charge in [0.2, 0.25) is 0 Å². The molecule has 0 heterocycles. The van der Waals surface area contributed by atoms with Crippen molar-refractivity contribution in [3.05, 3.63) is 134 Å². The van der Waals surface area contributed by atoms with E-state index in [9.17, 15) is 28.9 Å². The number of unbranched alkanes of at least 4 members (excludes halogenated alkanes) is 12. The minimum atomic E-state index is -4.79. The molecule has 74 heavy (non-hydrogen) atoms. The van der Waals surface area contributed by atoms with Gasteiger partial charge in [-0.25, -0.2) is 4.57 Å². The molecule has 0 aromatic rings. The van der Waals surface area contributed by atoms with Crippen LogP contribution in [0.3, 0.4) is 0 Å². The van der Waals surface area contributed by atoms with Gasteiger partial charge in [0.05, 0.1) is 26.2 Å². The molecule has 3 atom stereocenters. The summed E-state index contributed by atoms with van der Waals surface area (Å²) in [4.78, 5) is 48.4. The largest absolute Gasteiger partial charge is 0.472 e. The third-order valence-corrected chi connectivity index (χ3v) is 12.0. The van der Waals surface area contributed by atoms with Crippen LogP contribution in [0.5, 0.6) is 0 Å². The molecule has 3 unspecified atom stereocenters. The topological polar surface area (TPSA) is 155 Å². The van der Waals surface area contributed by atoms with Crippen molar-refractivity contribution >= 4 is 25.7 Å². The van der Waals surface area contributed by atoms with E-state index in [0.717, 1.165) is 122 Å². The minimum Gasteiger partial charge on any atom is -0.462 e. The zero-order chi connectivity index (χ0) is 54.1. The molecule has 0 aliphatic carbocycles. The number of hydrogen-bond acceptors (Lipinski definition) is 10. The van der Waals surface area contributed by atoms with E-state index in [1.165, 1.54) is 19.3 Å². The summed E-state index contributed by atoms with van der Waals surface area (Å²) in [6.07, 6.45) is 68.7. The molecule has 12 heteroatoms. The van der Waals surface area contributed by atoms with Gasteiger partial charge in [-0.05, 0) is 116 Å². The number of ether oxygens (including phenoxy) is 3. The lowest BCUT2D eigenvalue weighted by molar-refractivity contribution is -0.160. The second kappa shape index (κ2) is 54.9. The first-order valence-electron chi connectivity index (χ1n) is 28.1. The molecule has 11 nitrogen and oxygen atoms in total. The Bertz CT molecular complexity index is 1750. The molecular formula is C62H99O11P. The molecule has 0 rings (SSSR count). The Hall–Kier alpha value is -4.38. The maximum absolute atomic E-state index is 12.9. The van der Waals surface area contributed by atoms with Crippen molar-refractivity contribution in [1.29, 1.82) is 0 Å². The zero-order valence-corrected chi connectivity index (χ0v) is 46.9. The number of rotatable bonds is 50. The summed E-state index contributed by atoms with van der Waals surface area (Å²) in [5, 5.41) is 9.81. The van der Waals surface area contributed by atoms with Gasteiger partial charge in [-0.2, -0.15) is 0 Å². The van der Waals surface area contributed by atoms with E-state index in [1.54, 1.807) is 6.08 Å². The van der Waals surface area contributed by atoms with Crippen LogP contribution in [0.15, 0.2) is 134 Å². The number of allylic oxidation sites excluding steroid dienone is 21. The van der Waals surface area contributed by atoms with Gasteiger partial charge in [-0.1, -0.05) is 199 Å². The fourth-order valence-electron chi connectivity index (χ4n) is 6.86. The summed E-state index contributed by atoms with van der Waals surface area (Å²) in [5.41, 5.74) is 0. The predicted octanol–water partition coefficient (Wildman–Crippen LogP) is 16.6. The number of hydrogen-bond donors (Lipinski definition) is 2. The fraction of sp³-hybridized carbons (Fsp3) is 0.597. The smallest absolute Gasteiger partial charge is 0.462 e. The van der Waals surface area contributed by atoms with Gasteiger partial charge in [-0.15, -0.1) is 0 Å². The van der Waals surface area contributed by atoms with Crippen LogP contribution in [0.25, 0.3) is 0 Å². The Balaban J connectivity index is 4.90. The molecule has 0 aliphatic heterocycles. The first kappa shape index (κ1) is 69.6. The van der Waals surface area contributed by atoms with E-state index in [2.05, 4.69) is 130 Å². The molecule has 0 saturated heterocycles. The molecular weight excluding hydrogens is 952 g/mol. The number of carbonyl (C=O) groups excluding carboxylic acids is 3. The Morgan fingerprint density at radius 3 is 1.19 bits per heavy atom. The average molecular weight is 1050 g/mol. The summed E-state index contributed by atoms with van der Waals surface area (Å²) in [7, 11) is -4.79. The van der Waals surface area contributed by atoms with Gasteiger partial charge in [0.25, 0.3) is 0 Å². The Morgan fingerprint density at radius 1 is 0.405 bits per heavy atom. The molecule has 0 bridgehead atoms. The number of phosphoric ester groups is 1. The van der Waals surface area contributed by atoms with Gasteiger partial charge in [0.1, 0.15) is 12.7 Å². The standard InChI is InChI=1S/C62H99O11P/c1-4-7-10-13-16-19-22-25-28-29-32-33-36-39-42-45-48-51-60(64)69-55-59(73-62(66)53-50-47-44-41-38-35-31-27-24-21-18-15-12-9-6-3)57-71-74(67,68)70-56-58(54-63)72-61(65)52-49-46-43-40-37-34-30-26-23-20-17-14-11-8-5-2/h7,9-10,12,16-21,25-28,30-33,38,41,47,50,58-59,63H,4-6,8,11,13-15,22-24,29,34-37,39-40,42-46,48-49,51-57H2,1-3H3,(H,67,68)/b10-7-,12-9-,19-16-,20-17-,21-18-,28-25-,30-26-,31-27-,33-32-,41-38-,50-47-. The fourth-order valence-corrected chi connectivity index (χ4v) is 7.65. The van der Waals surface area contributed by atoms with Crippen molar-refractivity contribution in [1.82, 2.24) is 0 Å². The van der Waals surface area contributed by atoms with Gasteiger partial charge < -0.3 is 24.2 Å². The van der Waals surface area contributed by atoms with E-state index >= 15 is 0 Å². The highest BCUT2D eigenvalue weighted by molar-refractivity contribution is 7.47. The number of aliphatic hydroxyl groups excluding tert-OH is 1. The third-order valence-electron chi connectivity index (χ3n) is 11.1. The first-order chi connectivity index (χ1) is 36.2. The molecule has 0 spiro atoms. The van der Waals surface area contributed by atoms with Gasteiger partial charge in [0.15, 0.2) is 6.10 Å². The van der Waals surface area contributed by atoms with Gasteiger partial charge in [-0.3, -0.25) is 23.4 Å². The second-order valence-corrected chi connectivity index (χ2v) is 19.4. The van der Waals surface area contributed by atoms with Gasteiger partial charge >= 0.3 is 25.7 Å². The molecule has 0 radical (unpaired) electrons. The maximum Gasteiger partial charge on any atom is 0.472 e. The lowest BCUT2D eigenvalue weighted by Gasteiger charge is -2.21. The molecule has 0 aromatic carbocycles. The monoisotopic (exact) mass is 1050 g/mol. The van der Waals surface area contributed by atoms with Crippen LogP contribution in [-0.4, -0.2) is 66.5 Å². The quantitative estimate of drug-likeness (QED) is 0.0197. The lowest BCUT2D eigenvalue weighted by Crippen LogP contribution is -2.30. The van der Waals surface area contributed by atoms with E-state index < -0.39 is 64.4 Å². The van der Waals surface area contributed by atoms with Crippen LogP contribution < -0.4 is 0 Å². The second-order valence-electron chi connectivity index (χ2n) is 18.0.